The first kappa shape index (κ1) is 27.2. The molecule has 0 fully saturated rings. The Hall–Kier alpha value is -4.33. The minimum atomic E-state index is -0.550. The maximum Gasteiger partial charge on any atom is 0.239 e. The quantitative estimate of drug-likeness (QED) is 0.394. The molecule has 1 atom stereocenters. The van der Waals surface area contributed by atoms with Crippen LogP contribution in [0.1, 0.15) is 43.9 Å². The van der Waals surface area contributed by atoms with Gasteiger partial charge in [-0.25, -0.2) is 4.39 Å². The van der Waals surface area contributed by atoms with Crippen molar-refractivity contribution in [3.05, 3.63) is 94.9 Å². The van der Waals surface area contributed by atoms with E-state index >= 15 is 0 Å². The van der Waals surface area contributed by atoms with Crippen molar-refractivity contribution < 1.29 is 23.5 Å². The third kappa shape index (κ3) is 5.52. The summed E-state index contributed by atoms with van der Waals surface area (Å²) in [5.74, 6) is 0.607. The molecule has 8 heteroatoms. The first-order valence-corrected chi connectivity index (χ1v) is 13.3. The first-order chi connectivity index (χ1) is 19.2. The fourth-order valence-electron chi connectivity index (χ4n) is 5.61. The van der Waals surface area contributed by atoms with E-state index in [0.717, 1.165) is 28.2 Å². The van der Waals surface area contributed by atoms with E-state index in [1.54, 1.807) is 26.4 Å². The molecule has 0 saturated carbocycles. The smallest absolute Gasteiger partial charge is 0.239 e. The summed E-state index contributed by atoms with van der Waals surface area (Å²) in [5.41, 5.74) is 4.54. The summed E-state index contributed by atoms with van der Waals surface area (Å²) in [6, 6.07) is 18.9. The number of carbonyl (C=O) groups excluding carboxylic acids is 2. The summed E-state index contributed by atoms with van der Waals surface area (Å²) < 4.78 is 24.4. The summed E-state index contributed by atoms with van der Waals surface area (Å²) in [6.07, 6.45) is 1.09. The number of hydrogen-bond donors (Lipinski definition) is 2. The molecule has 1 aliphatic carbocycles. The molecule has 2 N–H and O–H groups in total. The lowest BCUT2D eigenvalue weighted by Crippen LogP contribution is -2.41. The zero-order valence-corrected chi connectivity index (χ0v) is 23.2. The summed E-state index contributed by atoms with van der Waals surface area (Å²) in [6.45, 7) is 4.44. The summed E-state index contributed by atoms with van der Waals surface area (Å²) in [7, 11) is 3.15. The molecular weight excluding hydrogens is 509 g/mol. The Morgan fingerprint density at radius 1 is 1.02 bits per heavy atom. The number of Topliss-reactive ketones (excluding diaryl/α,β-unsaturated/α-hetero) is 1. The number of methoxy groups -OCH3 is 2. The predicted octanol–water partition coefficient (Wildman–Crippen LogP) is 5.78. The maximum absolute atomic E-state index is 13.9. The zero-order chi connectivity index (χ0) is 28.4. The fourth-order valence-corrected chi connectivity index (χ4v) is 5.61. The number of amides is 1. The SMILES string of the molecule is COc1ccc(C2C3=C(CC(C)(C)CC3=O)Nc3ccccc3N2CC(=O)NCc2ccc(F)cc2)cc1OC. The number of rotatable bonds is 7. The molecule has 5 rings (SSSR count). The second-order valence-corrected chi connectivity index (χ2v) is 11.0. The number of benzene rings is 3. The Kier molecular flexibility index (Phi) is 7.52. The highest BCUT2D eigenvalue weighted by molar-refractivity contribution is 6.02. The minimum absolute atomic E-state index is 0.00759. The molecule has 1 amide bonds. The van der Waals surface area contributed by atoms with Gasteiger partial charge in [-0.3, -0.25) is 9.59 Å². The Bertz CT molecular complexity index is 1470. The molecule has 208 valence electrons. The van der Waals surface area contributed by atoms with Crippen LogP contribution in [0, 0.1) is 11.2 Å². The zero-order valence-electron chi connectivity index (χ0n) is 23.2. The Labute approximate surface area is 234 Å². The van der Waals surface area contributed by atoms with Gasteiger partial charge in [0.05, 0.1) is 38.2 Å². The van der Waals surface area contributed by atoms with Crippen LogP contribution < -0.4 is 25.0 Å². The third-order valence-corrected chi connectivity index (χ3v) is 7.44. The van der Waals surface area contributed by atoms with Gasteiger partial charge in [-0.15, -0.1) is 0 Å². The van der Waals surface area contributed by atoms with Crippen LogP contribution in [0.25, 0.3) is 0 Å². The lowest BCUT2D eigenvalue weighted by atomic mass is 9.73. The van der Waals surface area contributed by atoms with Gasteiger partial charge >= 0.3 is 0 Å². The van der Waals surface area contributed by atoms with Crippen LogP contribution in [0.2, 0.25) is 0 Å². The van der Waals surface area contributed by atoms with Crippen molar-refractivity contribution >= 4 is 23.1 Å². The number of allylic oxidation sites excluding steroid dienone is 1. The van der Waals surface area contributed by atoms with Crippen molar-refractivity contribution in [1.82, 2.24) is 5.32 Å². The second kappa shape index (κ2) is 11.0. The molecule has 0 bridgehead atoms. The van der Waals surface area contributed by atoms with Crippen LogP contribution in [0.3, 0.4) is 0 Å². The fraction of sp³-hybridized carbons (Fsp3) is 0.312. The molecule has 0 aromatic heterocycles. The van der Waals surface area contributed by atoms with Crippen LogP contribution in [-0.2, 0) is 16.1 Å². The van der Waals surface area contributed by atoms with Gasteiger partial charge in [0, 0.05) is 24.2 Å². The molecule has 1 aliphatic heterocycles. The van der Waals surface area contributed by atoms with Crippen LogP contribution in [-0.4, -0.2) is 32.5 Å². The molecule has 0 saturated heterocycles. The van der Waals surface area contributed by atoms with Crippen molar-refractivity contribution in [3.63, 3.8) is 0 Å². The molecule has 1 unspecified atom stereocenters. The van der Waals surface area contributed by atoms with E-state index in [-0.39, 0.29) is 36.0 Å². The van der Waals surface area contributed by atoms with Gasteiger partial charge in [-0.2, -0.15) is 0 Å². The van der Waals surface area contributed by atoms with Gasteiger partial charge in [-0.1, -0.05) is 44.2 Å². The van der Waals surface area contributed by atoms with Gasteiger partial charge in [0.2, 0.25) is 5.91 Å². The van der Waals surface area contributed by atoms with E-state index in [0.29, 0.717) is 29.9 Å². The Balaban J connectivity index is 1.60. The average molecular weight is 544 g/mol. The van der Waals surface area contributed by atoms with E-state index in [1.807, 2.05) is 47.4 Å². The number of ketones is 1. The lowest BCUT2D eigenvalue weighted by Gasteiger charge is -2.38. The molecule has 3 aromatic carbocycles. The lowest BCUT2D eigenvalue weighted by molar-refractivity contribution is -0.120. The minimum Gasteiger partial charge on any atom is -0.493 e. The highest BCUT2D eigenvalue weighted by Gasteiger charge is 2.42. The number of carbonyl (C=O) groups is 2. The number of nitrogens with zero attached hydrogens (tertiary/aromatic N) is 1. The van der Waals surface area contributed by atoms with Gasteiger partial charge < -0.3 is 25.0 Å². The number of ether oxygens (including phenoxy) is 2. The highest BCUT2D eigenvalue weighted by atomic mass is 19.1. The first-order valence-electron chi connectivity index (χ1n) is 13.3. The monoisotopic (exact) mass is 543 g/mol. The second-order valence-electron chi connectivity index (χ2n) is 11.0. The standard InChI is InChI=1S/C32H34FN3O4/c1-32(2)16-24-30(26(37)17-32)31(21-11-14-27(39-3)28(15-21)40-4)36(25-8-6-5-7-23(25)35-24)19-29(38)34-18-20-9-12-22(33)13-10-20/h5-15,31,35H,16-19H2,1-4H3,(H,34,38). The molecule has 40 heavy (non-hydrogen) atoms. The topological polar surface area (TPSA) is 79.9 Å². The van der Waals surface area contributed by atoms with Crippen molar-refractivity contribution in [2.45, 2.75) is 39.3 Å². The van der Waals surface area contributed by atoms with Crippen LogP contribution in [0.15, 0.2) is 78.0 Å². The molecule has 1 heterocycles. The average Bonchev–Trinajstić information content (AvgIpc) is 3.06. The number of nitrogens with one attached hydrogen (secondary N) is 2. The normalized spacial score (nSPS) is 17.8. The molecule has 0 spiro atoms. The maximum atomic E-state index is 13.9. The molecule has 2 aliphatic rings. The van der Waals surface area contributed by atoms with E-state index in [1.165, 1.54) is 12.1 Å². The Morgan fingerprint density at radius 2 is 1.75 bits per heavy atom. The summed E-state index contributed by atoms with van der Waals surface area (Å²) in [4.78, 5) is 29.3. The van der Waals surface area contributed by atoms with Gasteiger partial charge in [0.25, 0.3) is 0 Å². The van der Waals surface area contributed by atoms with Crippen molar-refractivity contribution in [3.8, 4) is 11.5 Å². The van der Waals surface area contributed by atoms with Crippen LogP contribution in [0.5, 0.6) is 11.5 Å². The van der Waals surface area contributed by atoms with E-state index in [4.69, 9.17) is 9.47 Å². The third-order valence-electron chi connectivity index (χ3n) is 7.44. The molecule has 3 aromatic rings. The van der Waals surface area contributed by atoms with E-state index < -0.39 is 6.04 Å². The van der Waals surface area contributed by atoms with Crippen molar-refractivity contribution in [2.75, 3.05) is 31.0 Å². The predicted molar refractivity (Wildman–Crippen MR) is 153 cm³/mol. The van der Waals surface area contributed by atoms with Crippen LogP contribution in [0.4, 0.5) is 15.8 Å². The Morgan fingerprint density at radius 3 is 2.48 bits per heavy atom. The number of para-hydroxylation sites is 2. The number of fused-ring (bicyclic) bond motifs is 1. The van der Waals surface area contributed by atoms with Gasteiger partial charge in [-0.05, 0) is 59.4 Å². The van der Waals surface area contributed by atoms with Crippen LogP contribution >= 0.6 is 0 Å². The molecular formula is C32H34FN3O4. The molecule has 7 nitrogen and oxygen atoms in total. The van der Waals surface area contributed by atoms with E-state index in [2.05, 4.69) is 24.5 Å². The summed E-state index contributed by atoms with van der Waals surface area (Å²) in [5, 5.41) is 6.52. The molecule has 0 radical (unpaired) electrons. The number of anilines is 2. The number of halogens is 1. The van der Waals surface area contributed by atoms with Crippen molar-refractivity contribution in [2.24, 2.45) is 5.41 Å². The number of hydrogen-bond acceptors (Lipinski definition) is 6. The highest BCUT2D eigenvalue weighted by Crippen LogP contribution is 2.49. The summed E-state index contributed by atoms with van der Waals surface area (Å²) >= 11 is 0. The van der Waals surface area contributed by atoms with Gasteiger partial charge in [0.1, 0.15) is 5.82 Å². The van der Waals surface area contributed by atoms with Gasteiger partial charge in [0.15, 0.2) is 17.3 Å². The largest absolute Gasteiger partial charge is 0.493 e. The van der Waals surface area contributed by atoms with Crippen molar-refractivity contribution in [1.29, 1.82) is 0 Å². The van der Waals surface area contributed by atoms with E-state index in [9.17, 15) is 14.0 Å².